The van der Waals surface area contributed by atoms with Crippen molar-refractivity contribution in [2.24, 2.45) is 5.92 Å². The second-order valence-corrected chi connectivity index (χ2v) is 9.88. The lowest BCUT2D eigenvalue weighted by Crippen LogP contribution is -3.00. The number of rotatable bonds is 8. The molecule has 0 saturated carbocycles. The average molecular weight is 571 g/mol. The zero-order valence-corrected chi connectivity index (χ0v) is 21.9. The van der Waals surface area contributed by atoms with Gasteiger partial charge in [-0.25, -0.2) is 13.6 Å². The van der Waals surface area contributed by atoms with Crippen molar-refractivity contribution in [1.29, 1.82) is 0 Å². The first kappa shape index (κ1) is 26.9. The molecule has 2 bridgehead atoms. The molecule has 5 nitrogen and oxygen atoms in total. The number of carbonyl (C=O) groups is 2. The minimum Gasteiger partial charge on any atom is -1.00 e. The number of anilines is 1. The predicted molar refractivity (Wildman–Crippen MR) is 132 cm³/mol. The molecule has 1 unspecified atom stereocenters. The molecule has 3 fully saturated rings. The van der Waals surface area contributed by atoms with Crippen LogP contribution in [-0.2, 0) is 9.53 Å². The van der Waals surface area contributed by atoms with Crippen molar-refractivity contribution in [2.45, 2.75) is 25.0 Å². The molecule has 8 heteroatoms. The van der Waals surface area contributed by atoms with Gasteiger partial charge < -0.3 is 31.5 Å². The van der Waals surface area contributed by atoms with Crippen molar-refractivity contribution in [1.82, 2.24) is 0 Å². The van der Waals surface area contributed by atoms with Gasteiger partial charge in [-0.3, -0.25) is 4.79 Å². The fraction of sp³-hybridized carbons (Fsp3) is 0.310. The zero-order valence-electron chi connectivity index (χ0n) is 20.3. The maximum absolute atomic E-state index is 13.8. The number of ether oxygens (including phenoxy) is 1. The fourth-order valence-electron chi connectivity index (χ4n) is 5.54. The third-order valence-corrected chi connectivity index (χ3v) is 7.43. The van der Waals surface area contributed by atoms with Crippen LogP contribution in [0.3, 0.4) is 0 Å². The van der Waals surface area contributed by atoms with Crippen LogP contribution in [0, 0.1) is 17.6 Å². The molecule has 0 aliphatic carbocycles. The van der Waals surface area contributed by atoms with Crippen LogP contribution in [0.2, 0.25) is 0 Å². The van der Waals surface area contributed by atoms with E-state index in [0.29, 0.717) is 28.7 Å². The third-order valence-electron chi connectivity index (χ3n) is 7.43. The Morgan fingerprint density at radius 3 is 2.14 bits per heavy atom. The maximum atomic E-state index is 13.8. The van der Waals surface area contributed by atoms with Gasteiger partial charge >= 0.3 is 5.97 Å². The number of benzene rings is 3. The number of halogens is 3. The summed E-state index contributed by atoms with van der Waals surface area (Å²) in [4.78, 5) is 26.4. The van der Waals surface area contributed by atoms with E-state index in [4.69, 9.17) is 4.74 Å². The van der Waals surface area contributed by atoms with E-state index in [0.717, 1.165) is 44.1 Å². The van der Waals surface area contributed by atoms with E-state index in [2.05, 4.69) is 5.32 Å². The monoisotopic (exact) mass is 570 g/mol. The fourth-order valence-corrected chi connectivity index (χ4v) is 5.54. The van der Waals surface area contributed by atoms with E-state index in [9.17, 15) is 18.4 Å². The molecule has 6 rings (SSSR count). The summed E-state index contributed by atoms with van der Waals surface area (Å²) < 4.78 is 34.3. The van der Waals surface area contributed by atoms with Crippen LogP contribution < -0.4 is 22.3 Å². The molecule has 0 aromatic heterocycles. The molecule has 194 valence electrons. The first-order chi connectivity index (χ1) is 17.4. The number of ketones is 1. The Morgan fingerprint density at radius 2 is 1.51 bits per heavy atom. The van der Waals surface area contributed by atoms with Gasteiger partial charge in [-0.15, -0.1) is 0 Å². The Kier molecular flexibility index (Phi) is 8.39. The van der Waals surface area contributed by atoms with Gasteiger partial charge in [-0.1, -0.05) is 60.7 Å². The lowest BCUT2D eigenvalue weighted by molar-refractivity contribution is -0.938. The first-order valence-corrected chi connectivity index (χ1v) is 12.3. The number of nitrogens with zero attached hydrogens (tertiary/aromatic N) is 1. The molecule has 1 N–H and O–H groups in total. The molecule has 2 atom stereocenters. The molecular weight excluding hydrogens is 542 g/mol. The van der Waals surface area contributed by atoms with Crippen molar-refractivity contribution in [2.75, 3.05) is 31.5 Å². The zero-order chi connectivity index (χ0) is 25.1. The van der Waals surface area contributed by atoms with Crippen LogP contribution in [0.4, 0.5) is 14.5 Å². The quantitative estimate of drug-likeness (QED) is 0.256. The number of fused-ring (bicyclic) bond motifs is 3. The lowest BCUT2D eigenvalue weighted by atomic mass is 9.82. The van der Waals surface area contributed by atoms with E-state index in [1.54, 1.807) is 24.3 Å². The van der Waals surface area contributed by atoms with Gasteiger partial charge in [0.25, 0.3) is 0 Å². The van der Waals surface area contributed by atoms with Crippen LogP contribution in [0.1, 0.15) is 34.8 Å². The van der Waals surface area contributed by atoms with Gasteiger partial charge in [0.15, 0.2) is 12.1 Å². The Morgan fingerprint density at radius 1 is 0.919 bits per heavy atom. The standard InChI is InChI=1S/C29H29F2N2O3.BrH/c30-23-15-24(31)17-25(16-23)32-28(22-9-5-2-6-10-22)29(35)36-27-19-33(13-11-21(27)12-14-33)18-26(34)20-7-3-1-4-8-20;/h1-10,15-17,21,27-28,32H,11-14,18-19H2;1H/q+1;/p-1/t21?,27-,28?,33?;/m0./s1. The summed E-state index contributed by atoms with van der Waals surface area (Å²) in [6.07, 6.45) is 1.46. The Hall–Kier alpha value is -3.10. The molecular formula is C29H29BrF2N2O3. The number of quaternary nitrogens is 1. The summed E-state index contributed by atoms with van der Waals surface area (Å²) in [5, 5.41) is 2.96. The largest absolute Gasteiger partial charge is 1.00 e. The van der Waals surface area contributed by atoms with Crippen LogP contribution >= 0.6 is 0 Å². The number of carbonyl (C=O) groups excluding carboxylic acids is 2. The van der Waals surface area contributed by atoms with Crippen LogP contribution in [0.5, 0.6) is 0 Å². The molecule has 3 saturated heterocycles. The van der Waals surface area contributed by atoms with Gasteiger partial charge in [0.2, 0.25) is 5.78 Å². The topological polar surface area (TPSA) is 55.4 Å². The normalized spacial score (nSPS) is 23.0. The summed E-state index contributed by atoms with van der Waals surface area (Å²) in [6.45, 7) is 2.75. The number of esters is 1. The van der Waals surface area contributed by atoms with Crippen LogP contribution in [-0.4, -0.2) is 48.5 Å². The van der Waals surface area contributed by atoms with Gasteiger partial charge in [-0.05, 0) is 17.7 Å². The molecule has 0 spiro atoms. The molecule has 3 heterocycles. The summed E-state index contributed by atoms with van der Waals surface area (Å²) in [5.74, 6) is -1.63. The Labute approximate surface area is 225 Å². The molecule has 37 heavy (non-hydrogen) atoms. The van der Waals surface area contributed by atoms with Crippen LogP contribution in [0.25, 0.3) is 0 Å². The summed E-state index contributed by atoms with van der Waals surface area (Å²) >= 11 is 0. The van der Waals surface area contributed by atoms with E-state index < -0.39 is 23.6 Å². The van der Waals surface area contributed by atoms with E-state index in [1.807, 2.05) is 36.4 Å². The number of hydrogen-bond donors (Lipinski definition) is 1. The number of piperidine rings is 3. The van der Waals surface area contributed by atoms with Crippen molar-refractivity contribution in [3.8, 4) is 0 Å². The summed E-state index contributed by atoms with van der Waals surface area (Å²) in [5.41, 5.74) is 1.49. The highest BCUT2D eigenvalue weighted by Gasteiger charge is 2.49. The first-order valence-electron chi connectivity index (χ1n) is 12.3. The second-order valence-electron chi connectivity index (χ2n) is 9.88. The van der Waals surface area contributed by atoms with Crippen LogP contribution in [0.15, 0.2) is 78.9 Å². The van der Waals surface area contributed by atoms with Gasteiger partial charge in [-0.2, -0.15) is 0 Å². The predicted octanol–water partition coefficient (Wildman–Crippen LogP) is 2.16. The molecule has 3 aliphatic heterocycles. The van der Waals surface area contributed by atoms with Crippen molar-refractivity contribution in [3.63, 3.8) is 0 Å². The highest BCUT2D eigenvalue weighted by molar-refractivity contribution is 5.97. The highest BCUT2D eigenvalue weighted by atomic mass is 79.9. The van der Waals surface area contributed by atoms with Gasteiger partial charge in [0.1, 0.15) is 24.7 Å². The summed E-state index contributed by atoms with van der Waals surface area (Å²) in [7, 11) is 0. The molecule has 3 aromatic carbocycles. The van der Waals surface area contributed by atoms with Crippen molar-refractivity contribution < 1.29 is 44.6 Å². The third kappa shape index (κ3) is 6.25. The molecule has 0 amide bonds. The average Bonchev–Trinajstić information content (AvgIpc) is 2.88. The number of nitrogens with one attached hydrogen (secondary N) is 1. The van der Waals surface area contributed by atoms with Gasteiger partial charge in [0.05, 0.1) is 13.1 Å². The van der Waals surface area contributed by atoms with Crippen molar-refractivity contribution >= 4 is 17.4 Å². The van der Waals surface area contributed by atoms with Gasteiger partial charge in [0, 0.05) is 36.1 Å². The van der Waals surface area contributed by atoms with E-state index >= 15 is 0 Å². The molecule has 3 aliphatic rings. The summed E-state index contributed by atoms with van der Waals surface area (Å²) in [6, 6.07) is 20.4. The Balaban J connectivity index is 0.00000320. The Bertz CT molecular complexity index is 1210. The highest BCUT2D eigenvalue weighted by Crippen LogP contribution is 2.37. The SMILES string of the molecule is O=C(C[N+]12CCC(CC1)[C@@H](OC(=O)C(Nc1cc(F)cc(F)c1)c1ccccc1)C2)c1ccccc1.[Br-]. The molecule has 0 radical (unpaired) electrons. The smallest absolute Gasteiger partial charge is 0.333 e. The lowest BCUT2D eigenvalue weighted by Gasteiger charge is -2.51. The minimum absolute atomic E-state index is 0. The van der Waals surface area contributed by atoms with E-state index in [-0.39, 0.29) is 40.5 Å². The minimum atomic E-state index is -0.928. The maximum Gasteiger partial charge on any atom is 0.333 e. The van der Waals surface area contributed by atoms with E-state index in [1.165, 1.54) is 0 Å². The number of hydrogen-bond acceptors (Lipinski definition) is 4. The molecule has 3 aromatic rings. The second kappa shape index (κ2) is 11.5. The van der Waals surface area contributed by atoms with Crippen molar-refractivity contribution in [3.05, 3.63) is 102 Å². The number of Topliss-reactive ketones (excluding diaryl/α,β-unsaturated/α-hetero) is 1.